The molecule has 1 aromatic carbocycles. The second kappa shape index (κ2) is 7.37. The Bertz CT molecular complexity index is 713. The van der Waals surface area contributed by atoms with Crippen LogP contribution in [0.15, 0.2) is 18.2 Å². The fourth-order valence-corrected chi connectivity index (χ4v) is 2.62. The van der Waals surface area contributed by atoms with E-state index in [9.17, 15) is 4.79 Å². The predicted molar refractivity (Wildman–Crippen MR) is 89.7 cm³/mol. The lowest BCUT2D eigenvalue weighted by Gasteiger charge is -2.11. The largest absolute Gasteiger partial charge is 0.497 e. The van der Waals surface area contributed by atoms with Crippen molar-refractivity contribution < 1.29 is 14.3 Å². The molecule has 0 radical (unpaired) electrons. The van der Waals surface area contributed by atoms with Gasteiger partial charge in [-0.15, -0.1) is 0 Å². The van der Waals surface area contributed by atoms with Gasteiger partial charge >= 0.3 is 0 Å². The Morgan fingerprint density at radius 2 is 2.09 bits per heavy atom. The van der Waals surface area contributed by atoms with Crippen molar-refractivity contribution in [3.8, 4) is 11.5 Å². The molecule has 0 unspecified atom stereocenters. The van der Waals surface area contributed by atoms with Crippen LogP contribution in [0.5, 0.6) is 11.5 Å². The maximum atomic E-state index is 12.6. The Labute approximate surface area is 140 Å². The van der Waals surface area contributed by atoms with Gasteiger partial charge in [0.05, 0.1) is 30.6 Å². The first-order valence-corrected chi connectivity index (χ1v) is 7.64. The summed E-state index contributed by atoms with van der Waals surface area (Å²) in [7, 11) is 4.80. The maximum Gasteiger partial charge on any atom is 0.275 e. The Balaban J connectivity index is 2.29. The number of hydrogen-bond acceptors (Lipinski definition) is 4. The number of anilines is 1. The lowest BCUT2D eigenvalue weighted by Crippen LogP contribution is -2.17. The Hall–Kier alpha value is -2.21. The summed E-state index contributed by atoms with van der Waals surface area (Å²) in [5.41, 5.74) is 1.59. The molecule has 6 nitrogen and oxygen atoms in total. The first-order valence-electron chi connectivity index (χ1n) is 7.26. The van der Waals surface area contributed by atoms with E-state index < -0.39 is 0 Å². The van der Waals surface area contributed by atoms with E-state index in [4.69, 9.17) is 21.1 Å². The van der Waals surface area contributed by atoms with Crippen LogP contribution in [0.2, 0.25) is 5.02 Å². The average Bonchev–Trinajstić information content (AvgIpc) is 2.82. The molecule has 0 bridgehead atoms. The molecule has 0 saturated heterocycles. The summed E-state index contributed by atoms with van der Waals surface area (Å²) in [6.45, 7) is 2.03. The van der Waals surface area contributed by atoms with Crippen LogP contribution in [0, 0.1) is 0 Å². The molecular formula is C16H20ClN3O3. The fourth-order valence-electron chi connectivity index (χ4n) is 2.28. The molecule has 0 aliphatic heterocycles. The number of benzene rings is 1. The number of nitrogens with one attached hydrogen (secondary N) is 1. The van der Waals surface area contributed by atoms with E-state index in [0.717, 1.165) is 18.5 Å². The molecule has 124 valence electrons. The SMILES string of the molecule is CCCc1nn(C)c(C(=O)Nc2ccc(OC)cc2OC)c1Cl. The number of methoxy groups -OCH3 is 2. The number of halogens is 1. The minimum absolute atomic E-state index is 0.327. The molecule has 1 aromatic heterocycles. The van der Waals surface area contributed by atoms with Gasteiger partial charge in [0.2, 0.25) is 0 Å². The molecule has 0 saturated carbocycles. The highest BCUT2D eigenvalue weighted by Gasteiger charge is 2.21. The third-order valence-electron chi connectivity index (χ3n) is 3.41. The van der Waals surface area contributed by atoms with Gasteiger partial charge in [0.15, 0.2) is 0 Å². The van der Waals surface area contributed by atoms with Gasteiger partial charge in [0.25, 0.3) is 5.91 Å². The van der Waals surface area contributed by atoms with E-state index in [2.05, 4.69) is 10.4 Å². The van der Waals surface area contributed by atoms with Crippen LogP contribution < -0.4 is 14.8 Å². The molecular weight excluding hydrogens is 318 g/mol. The summed E-state index contributed by atoms with van der Waals surface area (Å²) in [6, 6.07) is 5.15. The highest BCUT2D eigenvalue weighted by atomic mass is 35.5. The zero-order chi connectivity index (χ0) is 17.0. The molecule has 0 aliphatic rings. The van der Waals surface area contributed by atoms with Crippen molar-refractivity contribution >= 4 is 23.2 Å². The summed E-state index contributed by atoms with van der Waals surface area (Å²) < 4.78 is 11.9. The molecule has 0 fully saturated rings. The number of aryl methyl sites for hydroxylation is 2. The second-order valence-corrected chi connectivity index (χ2v) is 5.38. The van der Waals surface area contributed by atoms with Crippen molar-refractivity contribution in [2.24, 2.45) is 7.05 Å². The number of nitrogens with zero attached hydrogens (tertiary/aromatic N) is 2. The zero-order valence-corrected chi connectivity index (χ0v) is 14.4. The van der Waals surface area contributed by atoms with Crippen molar-refractivity contribution in [2.45, 2.75) is 19.8 Å². The molecule has 0 atom stereocenters. The first kappa shape index (κ1) is 17.1. The smallest absolute Gasteiger partial charge is 0.275 e. The van der Waals surface area contributed by atoms with E-state index in [-0.39, 0.29) is 5.91 Å². The van der Waals surface area contributed by atoms with Crippen LogP contribution in [-0.4, -0.2) is 29.9 Å². The van der Waals surface area contributed by atoms with Gasteiger partial charge in [0.1, 0.15) is 17.2 Å². The van der Waals surface area contributed by atoms with Crippen LogP contribution in [0.4, 0.5) is 5.69 Å². The maximum absolute atomic E-state index is 12.6. The first-order chi connectivity index (χ1) is 11.0. The second-order valence-electron chi connectivity index (χ2n) is 5.00. The molecule has 1 heterocycles. The molecule has 1 amide bonds. The number of hydrogen-bond donors (Lipinski definition) is 1. The number of ether oxygens (including phenoxy) is 2. The van der Waals surface area contributed by atoms with Gasteiger partial charge in [0, 0.05) is 13.1 Å². The molecule has 2 rings (SSSR count). The van der Waals surface area contributed by atoms with Crippen LogP contribution in [0.3, 0.4) is 0 Å². The summed E-state index contributed by atoms with van der Waals surface area (Å²) in [4.78, 5) is 12.6. The highest BCUT2D eigenvalue weighted by molar-refractivity contribution is 6.34. The number of rotatable bonds is 6. The van der Waals surface area contributed by atoms with Gasteiger partial charge in [-0.1, -0.05) is 24.9 Å². The zero-order valence-electron chi connectivity index (χ0n) is 13.6. The van der Waals surface area contributed by atoms with E-state index in [1.165, 1.54) is 11.8 Å². The summed E-state index contributed by atoms with van der Waals surface area (Å²) in [6.07, 6.45) is 1.63. The fraction of sp³-hybridized carbons (Fsp3) is 0.375. The van der Waals surface area contributed by atoms with Crippen molar-refractivity contribution in [1.29, 1.82) is 0 Å². The summed E-state index contributed by atoms with van der Waals surface area (Å²) in [5.74, 6) is 0.809. The molecule has 0 spiro atoms. The normalized spacial score (nSPS) is 10.5. The van der Waals surface area contributed by atoms with E-state index in [0.29, 0.717) is 27.9 Å². The lowest BCUT2D eigenvalue weighted by molar-refractivity contribution is 0.101. The van der Waals surface area contributed by atoms with Crippen LogP contribution in [0.1, 0.15) is 29.5 Å². The molecule has 1 N–H and O–H groups in total. The van der Waals surface area contributed by atoms with E-state index >= 15 is 0 Å². The monoisotopic (exact) mass is 337 g/mol. The van der Waals surface area contributed by atoms with Crippen LogP contribution in [0.25, 0.3) is 0 Å². The predicted octanol–water partition coefficient (Wildman–Crippen LogP) is 3.30. The van der Waals surface area contributed by atoms with Gasteiger partial charge in [-0.25, -0.2) is 0 Å². The Morgan fingerprint density at radius 1 is 1.35 bits per heavy atom. The van der Waals surface area contributed by atoms with Crippen molar-refractivity contribution in [3.63, 3.8) is 0 Å². The van der Waals surface area contributed by atoms with Crippen molar-refractivity contribution in [2.75, 3.05) is 19.5 Å². The topological polar surface area (TPSA) is 65.4 Å². The minimum atomic E-state index is -0.337. The Morgan fingerprint density at radius 3 is 2.70 bits per heavy atom. The van der Waals surface area contributed by atoms with Gasteiger partial charge < -0.3 is 14.8 Å². The average molecular weight is 338 g/mol. The number of carbonyl (C=O) groups excluding carboxylic acids is 1. The molecule has 0 aliphatic carbocycles. The molecule has 2 aromatic rings. The quantitative estimate of drug-likeness (QED) is 0.878. The van der Waals surface area contributed by atoms with Crippen molar-refractivity contribution in [1.82, 2.24) is 9.78 Å². The van der Waals surface area contributed by atoms with Gasteiger partial charge in [-0.05, 0) is 18.6 Å². The summed E-state index contributed by atoms with van der Waals surface area (Å²) >= 11 is 6.30. The number of carbonyl (C=O) groups is 1. The van der Waals surface area contributed by atoms with Crippen LogP contribution >= 0.6 is 11.6 Å². The number of aromatic nitrogens is 2. The van der Waals surface area contributed by atoms with Gasteiger partial charge in [-0.2, -0.15) is 5.10 Å². The van der Waals surface area contributed by atoms with Gasteiger partial charge in [-0.3, -0.25) is 9.48 Å². The minimum Gasteiger partial charge on any atom is -0.497 e. The third-order valence-corrected chi connectivity index (χ3v) is 3.81. The molecule has 23 heavy (non-hydrogen) atoms. The number of amides is 1. The highest BCUT2D eigenvalue weighted by Crippen LogP contribution is 2.30. The molecule has 7 heteroatoms. The van der Waals surface area contributed by atoms with E-state index in [1.807, 2.05) is 6.92 Å². The van der Waals surface area contributed by atoms with Crippen LogP contribution in [-0.2, 0) is 13.5 Å². The standard InChI is InChI=1S/C16H20ClN3O3/c1-5-6-12-14(17)15(20(2)19-12)16(21)18-11-8-7-10(22-3)9-13(11)23-4/h7-9H,5-6H2,1-4H3,(H,18,21). The third kappa shape index (κ3) is 3.59. The Kier molecular flexibility index (Phi) is 5.50. The summed E-state index contributed by atoms with van der Waals surface area (Å²) in [5, 5.41) is 7.49. The van der Waals surface area contributed by atoms with Crippen molar-refractivity contribution in [3.05, 3.63) is 34.6 Å². The van der Waals surface area contributed by atoms with E-state index in [1.54, 1.807) is 32.4 Å². The lowest BCUT2D eigenvalue weighted by atomic mass is 10.2.